The molecule has 0 radical (unpaired) electrons. The van der Waals surface area contributed by atoms with E-state index >= 15 is 0 Å². The number of hydrogen-bond donors (Lipinski definition) is 2. The Morgan fingerprint density at radius 3 is 2.60 bits per heavy atom. The van der Waals surface area contributed by atoms with Crippen molar-refractivity contribution in [3.8, 4) is 0 Å². The topological polar surface area (TPSA) is 105 Å². The molecule has 0 saturated carbocycles. The second kappa shape index (κ2) is 7.62. The van der Waals surface area contributed by atoms with Crippen LogP contribution in [0.5, 0.6) is 0 Å². The van der Waals surface area contributed by atoms with Crippen LogP contribution in [-0.2, 0) is 16.0 Å². The van der Waals surface area contributed by atoms with Gasteiger partial charge in [0.05, 0.1) is 0 Å². The molecule has 0 saturated heterocycles. The highest BCUT2D eigenvalue weighted by Gasteiger charge is 2.19. The molecule has 1 amide bonds. The predicted octanol–water partition coefficient (Wildman–Crippen LogP) is 1.50. The van der Waals surface area contributed by atoms with Crippen LogP contribution >= 0.6 is 0 Å². The summed E-state index contributed by atoms with van der Waals surface area (Å²) in [5.74, 6) is -0.168. The predicted molar refractivity (Wildman–Crippen MR) is 71.2 cm³/mol. The number of nitrogens with zero attached hydrogens (tertiary/aromatic N) is 2. The number of aliphatic carboxylic acids is 1. The fraction of sp³-hybridized carbons (Fsp3) is 0.692. The average Bonchev–Trinajstić information content (AvgIpc) is 2.84. The van der Waals surface area contributed by atoms with Crippen molar-refractivity contribution in [1.29, 1.82) is 0 Å². The van der Waals surface area contributed by atoms with Gasteiger partial charge in [-0.3, -0.25) is 4.79 Å². The van der Waals surface area contributed by atoms with Crippen LogP contribution in [0.3, 0.4) is 0 Å². The first-order chi connectivity index (χ1) is 9.43. The second-order valence-corrected chi connectivity index (χ2v) is 4.95. The van der Waals surface area contributed by atoms with Gasteiger partial charge in [-0.15, -0.1) is 0 Å². The third kappa shape index (κ3) is 4.99. The van der Waals surface area contributed by atoms with E-state index in [9.17, 15) is 9.59 Å². The molecule has 1 aromatic heterocycles. The van der Waals surface area contributed by atoms with E-state index in [0.29, 0.717) is 31.0 Å². The van der Waals surface area contributed by atoms with Crippen LogP contribution in [0.15, 0.2) is 4.52 Å². The number of aromatic nitrogens is 2. The molecule has 1 aromatic rings. The molecule has 0 spiro atoms. The van der Waals surface area contributed by atoms with Crippen molar-refractivity contribution in [1.82, 2.24) is 15.5 Å². The molecular weight excluding hydrogens is 262 g/mol. The Morgan fingerprint density at radius 1 is 1.40 bits per heavy atom. The Balaban J connectivity index is 2.43. The summed E-state index contributed by atoms with van der Waals surface area (Å²) in [5, 5.41) is 15.2. The number of rotatable bonds is 8. The van der Waals surface area contributed by atoms with Gasteiger partial charge in [-0.05, 0) is 6.42 Å². The number of aryl methyl sites for hydroxylation is 1. The van der Waals surface area contributed by atoms with Crippen LogP contribution in [0.2, 0.25) is 0 Å². The first kappa shape index (κ1) is 16.1. The van der Waals surface area contributed by atoms with Crippen molar-refractivity contribution < 1.29 is 19.2 Å². The minimum absolute atomic E-state index is 0.132. The zero-order valence-electron chi connectivity index (χ0n) is 12.0. The van der Waals surface area contributed by atoms with Crippen molar-refractivity contribution >= 4 is 11.9 Å². The standard InChI is InChI=1S/C13H21N3O4/c1-4-5-9(13(18)19)14-10(17)6-7-11-15-12(8(2)3)16-20-11/h8-9H,4-7H2,1-3H3,(H,14,17)(H,18,19). The van der Waals surface area contributed by atoms with Crippen LogP contribution in [0.1, 0.15) is 57.7 Å². The fourth-order valence-electron chi connectivity index (χ4n) is 1.64. The molecule has 2 N–H and O–H groups in total. The molecule has 112 valence electrons. The molecule has 20 heavy (non-hydrogen) atoms. The van der Waals surface area contributed by atoms with Crippen LogP contribution in [-0.4, -0.2) is 33.2 Å². The minimum Gasteiger partial charge on any atom is -0.480 e. The van der Waals surface area contributed by atoms with Gasteiger partial charge in [-0.2, -0.15) is 4.98 Å². The van der Waals surface area contributed by atoms with E-state index < -0.39 is 12.0 Å². The van der Waals surface area contributed by atoms with Crippen LogP contribution < -0.4 is 5.32 Å². The summed E-state index contributed by atoms with van der Waals surface area (Å²) in [4.78, 5) is 26.8. The number of carbonyl (C=O) groups is 2. The molecule has 0 fully saturated rings. The number of amides is 1. The van der Waals surface area contributed by atoms with Crippen molar-refractivity contribution in [3.63, 3.8) is 0 Å². The van der Waals surface area contributed by atoms with E-state index in [1.165, 1.54) is 0 Å². The van der Waals surface area contributed by atoms with Crippen LogP contribution in [0.25, 0.3) is 0 Å². The molecule has 1 rings (SSSR count). The van der Waals surface area contributed by atoms with Crippen molar-refractivity contribution in [3.05, 3.63) is 11.7 Å². The Kier molecular flexibility index (Phi) is 6.14. The Hall–Kier alpha value is -1.92. The van der Waals surface area contributed by atoms with Gasteiger partial charge in [0.15, 0.2) is 5.82 Å². The lowest BCUT2D eigenvalue weighted by atomic mass is 10.1. The van der Waals surface area contributed by atoms with Gasteiger partial charge >= 0.3 is 5.97 Å². The maximum atomic E-state index is 11.7. The van der Waals surface area contributed by atoms with Gasteiger partial charge in [0, 0.05) is 18.8 Å². The summed E-state index contributed by atoms with van der Waals surface area (Å²) in [6, 6.07) is -0.832. The maximum Gasteiger partial charge on any atom is 0.326 e. The monoisotopic (exact) mass is 283 g/mol. The number of carboxylic acid groups (broad SMARTS) is 1. The summed E-state index contributed by atoms with van der Waals surface area (Å²) in [5.41, 5.74) is 0. The number of nitrogens with one attached hydrogen (secondary N) is 1. The summed E-state index contributed by atoms with van der Waals surface area (Å²) in [7, 11) is 0. The van der Waals surface area contributed by atoms with E-state index in [0.717, 1.165) is 0 Å². The van der Waals surface area contributed by atoms with Gasteiger partial charge in [0.1, 0.15) is 6.04 Å². The Morgan fingerprint density at radius 2 is 2.10 bits per heavy atom. The van der Waals surface area contributed by atoms with E-state index in [4.69, 9.17) is 9.63 Å². The van der Waals surface area contributed by atoms with E-state index in [-0.39, 0.29) is 18.2 Å². The van der Waals surface area contributed by atoms with Crippen molar-refractivity contribution in [2.75, 3.05) is 0 Å². The molecule has 0 aliphatic heterocycles. The first-order valence-electron chi connectivity index (χ1n) is 6.78. The average molecular weight is 283 g/mol. The SMILES string of the molecule is CCCC(NC(=O)CCc1nc(C(C)C)no1)C(=O)O. The fourth-order valence-corrected chi connectivity index (χ4v) is 1.64. The molecule has 7 nitrogen and oxygen atoms in total. The lowest BCUT2D eigenvalue weighted by Gasteiger charge is -2.12. The van der Waals surface area contributed by atoms with Gasteiger partial charge in [0.25, 0.3) is 0 Å². The van der Waals surface area contributed by atoms with Gasteiger partial charge < -0.3 is 14.9 Å². The van der Waals surface area contributed by atoms with Crippen LogP contribution in [0.4, 0.5) is 0 Å². The molecule has 0 bridgehead atoms. The molecule has 7 heteroatoms. The smallest absolute Gasteiger partial charge is 0.326 e. The van der Waals surface area contributed by atoms with Crippen LogP contribution in [0, 0.1) is 0 Å². The van der Waals surface area contributed by atoms with E-state index in [1.807, 2.05) is 20.8 Å². The zero-order valence-corrected chi connectivity index (χ0v) is 12.0. The number of carbonyl (C=O) groups excluding carboxylic acids is 1. The lowest BCUT2D eigenvalue weighted by Crippen LogP contribution is -2.40. The molecule has 0 aliphatic carbocycles. The summed E-state index contributed by atoms with van der Waals surface area (Å²) >= 11 is 0. The second-order valence-electron chi connectivity index (χ2n) is 4.95. The quantitative estimate of drug-likeness (QED) is 0.749. The normalized spacial score (nSPS) is 12.4. The van der Waals surface area contributed by atoms with E-state index in [1.54, 1.807) is 0 Å². The molecule has 1 heterocycles. The van der Waals surface area contributed by atoms with Gasteiger partial charge in [-0.1, -0.05) is 32.3 Å². The maximum absolute atomic E-state index is 11.7. The highest BCUT2D eigenvalue weighted by atomic mass is 16.5. The molecule has 0 aromatic carbocycles. The van der Waals surface area contributed by atoms with Crippen molar-refractivity contribution in [2.24, 2.45) is 0 Å². The lowest BCUT2D eigenvalue weighted by molar-refractivity contribution is -0.142. The summed E-state index contributed by atoms with van der Waals surface area (Å²) in [6.07, 6.45) is 1.55. The zero-order chi connectivity index (χ0) is 15.1. The highest BCUT2D eigenvalue weighted by molar-refractivity contribution is 5.83. The molecule has 0 aliphatic rings. The number of hydrogen-bond acceptors (Lipinski definition) is 5. The molecule has 1 atom stereocenters. The largest absolute Gasteiger partial charge is 0.480 e. The van der Waals surface area contributed by atoms with Gasteiger partial charge in [-0.25, -0.2) is 4.79 Å². The number of carboxylic acids is 1. The first-order valence-corrected chi connectivity index (χ1v) is 6.78. The van der Waals surface area contributed by atoms with Crippen molar-refractivity contribution in [2.45, 2.75) is 58.4 Å². The summed E-state index contributed by atoms with van der Waals surface area (Å²) in [6.45, 7) is 5.76. The van der Waals surface area contributed by atoms with E-state index in [2.05, 4.69) is 15.5 Å². The third-order valence-corrected chi connectivity index (χ3v) is 2.78. The summed E-state index contributed by atoms with van der Waals surface area (Å²) < 4.78 is 5.02. The molecule has 1 unspecified atom stereocenters. The Labute approximate surface area is 117 Å². The third-order valence-electron chi connectivity index (χ3n) is 2.78. The van der Waals surface area contributed by atoms with Gasteiger partial charge in [0.2, 0.25) is 11.8 Å². The highest BCUT2D eigenvalue weighted by Crippen LogP contribution is 2.10. The molecular formula is C13H21N3O4. The Bertz CT molecular complexity index is 456. The minimum atomic E-state index is -1.01.